The van der Waals surface area contributed by atoms with Gasteiger partial charge in [-0.25, -0.2) is 0 Å². The molecule has 0 radical (unpaired) electrons. The zero-order valence-corrected chi connectivity index (χ0v) is 13.7. The first-order chi connectivity index (χ1) is 10.3. The number of phenolic OH excluding ortho intramolecular Hbond substituents is 1. The van der Waals surface area contributed by atoms with Gasteiger partial charge in [-0.1, -0.05) is 44.5 Å². The van der Waals surface area contributed by atoms with Crippen molar-refractivity contribution in [1.82, 2.24) is 0 Å². The van der Waals surface area contributed by atoms with E-state index >= 15 is 0 Å². The number of carbonyl (C=O) groups is 1. The summed E-state index contributed by atoms with van der Waals surface area (Å²) < 4.78 is 0. The van der Waals surface area contributed by atoms with Gasteiger partial charge in [0.2, 0.25) is 0 Å². The van der Waals surface area contributed by atoms with Crippen LogP contribution < -0.4 is 5.32 Å². The van der Waals surface area contributed by atoms with E-state index in [-0.39, 0.29) is 17.1 Å². The molecular formula is C18H20ClNO2. The van der Waals surface area contributed by atoms with Crippen LogP contribution in [-0.4, -0.2) is 11.0 Å². The number of aromatic hydroxyl groups is 1. The van der Waals surface area contributed by atoms with Crippen molar-refractivity contribution in [2.45, 2.75) is 32.6 Å². The molecule has 0 heterocycles. The lowest BCUT2D eigenvalue weighted by molar-refractivity contribution is 0.102. The summed E-state index contributed by atoms with van der Waals surface area (Å²) in [4.78, 5) is 12.2. The van der Waals surface area contributed by atoms with E-state index in [4.69, 9.17) is 11.6 Å². The monoisotopic (exact) mass is 317 g/mol. The van der Waals surface area contributed by atoms with Gasteiger partial charge in [0.15, 0.2) is 0 Å². The Bertz CT molecular complexity index is 678. The van der Waals surface area contributed by atoms with Crippen molar-refractivity contribution < 1.29 is 9.90 Å². The van der Waals surface area contributed by atoms with E-state index in [1.807, 2.05) is 12.1 Å². The predicted molar refractivity (Wildman–Crippen MR) is 90.8 cm³/mol. The summed E-state index contributed by atoms with van der Waals surface area (Å²) in [6.07, 6.45) is 1.02. The SMILES string of the molecule is CCC(C)(C)c1ccc(C(=O)Nc2cc(Cl)ccc2O)cc1. The molecule has 22 heavy (non-hydrogen) atoms. The fraction of sp³-hybridized carbons (Fsp3) is 0.278. The number of phenols is 1. The average molecular weight is 318 g/mol. The molecule has 4 heteroatoms. The molecule has 1 amide bonds. The average Bonchev–Trinajstić information content (AvgIpc) is 2.51. The highest BCUT2D eigenvalue weighted by atomic mass is 35.5. The number of rotatable bonds is 4. The van der Waals surface area contributed by atoms with Crippen LogP contribution in [0, 0.1) is 0 Å². The molecule has 116 valence electrons. The molecule has 0 atom stereocenters. The molecule has 2 N–H and O–H groups in total. The zero-order valence-electron chi connectivity index (χ0n) is 13.0. The van der Waals surface area contributed by atoms with Gasteiger partial charge in [-0.2, -0.15) is 0 Å². The molecule has 2 aromatic carbocycles. The third-order valence-electron chi connectivity index (χ3n) is 4.02. The number of hydrogen-bond acceptors (Lipinski definition) is 2. The van der Waals surface area contributed by atoms with Crippen LogP contribution in [0.2, 0.25) is 5.02 Å². The van der Waals surface area contributed by atoms with Crippen LogP contribution in [-0.2, 0) is 5.41 Å². The number of hydrogen-bond donors (Lipinski definition) is 2. The lowest BCUT2D eigenvalue weighted by Crippen LogP contribution is -2.16. The van der Waals surface area contributed by atoms with E-state index < -0.39 is 0 Å². The van der Waals surface area contributed by atoms with Gasteiger partial charge in [-0.15, -0.1) is 0 Å². The van der Waals surface area contributed by atoms with E-state index in [2.05, 4.69) is 26.1 Å². The number of amides is 1. The second-order valence-electron chi connectivity index (χ2n) is 5.93. The van der Waals surface area contributed by atoms with Gasteiger partial charge >= 0.3 is 0 Å². The van der Waals surface area contributed by atoms with E-state index in [9.17, 15) is 9.90 Å². The van der Waals surface area contributed by atoms with Gasteiger partial charge in [0.05, 0.1) is 5.69 Å². The van der Waals surface area contributed by atoms with Crippen molar-refractivity contribution in [2.24, 2.45) is 0 Å². The van der Waals surface area contributed by atoms with Gasteiger partial charge in [-0.3, -0.25) is 4.79 Å². The molecule has 2 rings (SSSR count). The van der Waals surface area contributed by atoms with Crippen LogP contribution in [0.25, 0.3) is 0 Å². The normalized spacial score (nSPS) is 11.3. The predicted octanol–water partition coefficient (Wildman–Crippen LogP) is 4.99. The summed E-state index contributed by atoms with van der Waals surface area (Å²) in [6, 6.07) is 12.1. The Kier molecular flexibility index (Phi) is 4.77. The molecule has 0 saturated heterocycles. The summed E-state index contributed by atoms with van der Waals surface area (Å²) in [6.45, 7) is 6.49. The second kappa shape index (κ2) is 6.41. The summed E-state index contributed by atoms with van der Waals surface area (Å²) >= 11 is 5.87. The maximum atomic E-state index is 12.2. The number of halogens is 1. The smallest absolute Gasteiger partial charge is 0.255 e. The summed E-state index contributed by atoms with van der Waals surface area (Å²) in [7, 11) is 0. The molecule has 0 saturated carbocycles. The zero-order chi connectivity index (χ0) is 16.3. The quantitative estimate of drug-likeness (QED) is 0.781. The third-order valence-corrected chi connectivity index (χ3v) is 4.25. The van der Waals surface area contributed by atoms with E-state index in [0.29, 0.717) is 16.3 Å². The van der Waals surface area contributed by atoms with Crippen LogP contribution in [0.15, 0.2) is 42.5 Å². The van der Waals surface area contributed by atoms with Crippen molar-refractivity contribution in [1.29, 1.82) is 0 Å². The molecule has 0 aromatic heterocycles. The maximum absolute atomic E-state index is 12.2. The van der Waals surface area contributed by atoms with Gasteiger partial charge in [-0.05, 0) is 47.7 Å². The number of nitrogens with one attached hydrogen (secondary N) is 1. The highest BCUT2D eigenvalue weighted by Crippen LogP contribution is 2.28. The largest absolute Gasteiger partial charge is 0.506 e. The van der Waals surface area contributed by atoms with Crippen molar-refractivity contribution in [3.8, 4) is 5.75 Å². The minimum absolute atomic E-state index is 0.0125. The van der Waals surface area contributed by atoms with E-state index in [1.165, 1.54) is 17.7 Å². The minimum Gasteiger partial charge on any atom is -0.506 e. The first-order valence-corrected chi connectivity index (χ1v) is 7.61. The first-order valence-electron chi connectivity index (χ1n) is 7.24. The Hall–Kier alpha value is -2.00. The van der Waals surface area contributed by atoms with Crippen molar-refractivity contribution >= 4 is 23.2 Å². The minimum atomic E-state index is -0.279. The Balaban J connectivity index is 2.18. The lowest BCUT2D eigenvalue weighted by atomic mass is 9.82. The van der Waals surface area contributed by atoms with Crippen LogP contribution in [0.3, 0.4) is 0 Å². The summed E-state index contributed by atoms with van der Waals surface area (Å²) in [5.41, 5.74) is 2.11. The van der Waals surface area contributed by atoms with Gasteiger partial charge in [0, 0.05) is 10.6 Å². The van der Waals surface area contributed by atoms with Crippen molar-refractivity contribution in [2.75, 3.05) is 5.32 Å². The third kappa shape index (κ3) is 3.60. The molecule has 0 spiro atoms. The molecular weight excluding hydrogens is 298 g/mol. The van der Waals surface area contributed by atoms with E-state index in [0.717, 1.165) is 6.42 Å². The molecule has 0 aliphatic carbocycles. The van der Waals surface area contributed by atoms with Crippen LogP contribution in [0.4, 0.5) is 5.69 Å². The Morgan fingerprint density at radius 2 is 1.82 bits per heavy atom. The molecule has 0 bridgehead atoms. The van der Waals surface area contributed by atoms with Gasteiger partial charge < -0.3 is 10.4 Å². The number of anilines is 1. The van der Waals surface area contributed by atoms with Gasteiger partial charge in [0.1, 0.15) is 5.75 Å². The second-order valence-corrected chi connectivity index (χ2v) is 6.37. The molecule has 3 nitrogen and oxygen atoms in total. The van der Waals surface area contributed by atoms with Crippen LogP contribution >= 0.6 is 11.6 Å². The number of benzene rings is 2. The number of carbonyl (C=O) groups excluding carboxylic acids is 1. The molecule has 0 aliphatic rings. The van der Waals surface area contributed by atoms with Gasteiger partial charge in [0.25, 0.3) is 5.91 Å². The fourth-order valence-corrected chi connectivity index (χ4v) is 2.25. The lowest BCUT2D eigenvalue weighted by Gasteiger charge is -2.23. The molecule has 2 aromatic rings. The molecule has 0 unspecified atom stereocenters. The summed E-state index contributed by atoms with van der Waals surface area (Å²) in [5.74, 6) is -0.292. The van der Waals surface area contributed by atoms with E-state index in [1.54, 1.807) is 18.2 Å². The van der Waals surface area contributed by atoms with Crippen LogP contribution in [0.1, 0.15) is 43.1 Å². The highest BCUT2D eigenvalue weighted by Gasteiger charge is 2.18. The Morgan fingerprint density at radius 3 is 2.41 bits per heavy atom. The standard InChI is InChI=1S/C18H20ClNO2/c1-4-18(2,3)13-7-5-12(6-8-13)17(22)20-15-11-14(19)9-10-16(15)21/h5-11,21H,4H2,1-3H3,(H,20,22). The maximum Gasteiger partial charge on any atom is 0.255 e. The van der Waals surface area contributed by atoms with Crippen LogP contribution in [0.5, 0.6) is 5.75 Å². The fourth-order valence-electron chi connectivity index (χ4n) is 2.08. The highest BCUT2D eigenvalue weighted by molar-refractivity contribution is 6.31. The molecule has 0 aliphatic heterocycles. The topological polar surface area (TPSA) is 49.3 Å². The Labute approximate surface area is 135 Å². The molecule has 0 fully saturated rings. The first kappa shape index (κ1) is 16.4. The van der Waals surface area contributed by atoms with Crippen molar-refractivity contribution in [3.05, 3.63) is 58.6 Å². The van der Waals surface area contributed by atoms with Crippen molar-refractivity contribution in [3.63, 3.8) is 0 Å². The Morgan fingerprint density at radius 1 is 1.18 bits per heavy atom. The summed E-state index contributed by atoms with van der Waals surface area (Å²) in [5, 5.41) is 12.9.